The van der Waals surface area contributed by atoms with E-state index in [1.807, 2.05) is 6.07 Å². The standard InChI is InChI=1S/C29H33N5O5.CH2O2/c1-29(2,3)39-28(38)32-24(27(37)34-33-26(36)22-13-9-20(18-30)10-14-22)17-19-11-15-23(16-12-19)31-25(35)21-7-5-4-6-8-21;2-1-3/h4-16,24H,17-18,30H2,1-3H3,(H,31,35)(H,32,38)(H,33,36)(H,34,37);1H,(H,2,3)/t24-;/m1./s1. The van der Waals surface area contributed by atoms with E-state index in [1.54, 1.807) is 93.6 Å². The zero-order valence-electron chi connectivity index (χ0n) is 23.5. The normalized spacial score (nSPS) is 11.0. The fourth-order valence-corrected chi connectivity index (χ4v) is 3.48. The summed E-state index contributed by atoms with van der Waals surface area (Å²) in [6.07, 6.45) is -0.683. The van der Waals surface area contributed by atoms with Crippen molar-refractivity contribution in [1.29, 1.82) is 0 Å². The van der Waals surface area contributed by atoms with Crippen LogP contribution in [0.2, 0.25) is 0 Å². The molecule has 0 spiro atoms. The molecule has 0 aliphatic rings. The summed E-state index contributed by atoms with van der Waals surface area (Å²) in [4.78, 5) is 58.6. The lowest BCUT2D eigenvalue weighted by atomic mass is 10.0. The third-order valence-electron chi connectivity index (χ3n) is 5.45. The van der Waals surface area contributed by atoms with Crippen molar-refractivity contribution < 1.29 is 33.8 Å². The van der Waals surface area contributed by atoms with Crippen molar-refractivity contribution in [1.82, 2.24) is 16.2 Å². The number of hydrazine groups is 1. The van der Waals surface area contributed by atoms with Crippen molar-refractivity contribution in [3.8, 4) is 0 Å². The van der Waals surface area contributed by atoms with E-state index in [0.717, 1.165) is 5.56 Å². The maximum Gasteiger partial charge on any atom is 0.408 e. The molecule has 0 aromatic heterocycles. The Bertz CT molecular complexity index is 1340. The van der Waals surface area contributed by atoms with Crippen LogP contribution in [0, 0.1) is 0 Å². The highest BCUT2D eigenvalue weighted by Gasteiger charge is 2.25. The van der Waals surface area contributed by atoms with Gasteiger partial charge in [0.1, 0.15) is 11.6 Å². The minimum absolute atomic E-state index is 0.0963. The van der Waals surface area contributed by atoms with Gasteiger partial charge in [0.25, 0.3) is 24.2 Å². The fourth-order valence-electron chi connectivity index (χ4n) is 3.48. The molecule has 7 N–H and O–H groups in total. The van der Waals surface area contributed by atoms with Crippen LogP contribution in [0.1, 0.15) is 52.6 Å². The molecule has 3 aromatic carbocycles. The number of hydrogen-bond acceptors (Lipinski definition) is 7. The molecule has 3 aromatic rings. The lowest BCUT2D eigenvalue weighted by molar-refractivity contribution is -0.124. The number of ether oxygens (including phenoxy) is 1. The van der Waals surface area contributed by atoms with Gasteiger partial charge in [-0.05, 0) is 68.3 Å². The number of carbonyl (C=O) groups is 5. The zero-order valence-corrected chi connectivity index (χ0v) is 23.5. The van der Waals surface area contributed by atoms with Crippen LogP contribution in [0.15, 0.2) is 78.9 Å². The summed E-state index contributed by atoms with van der Waals surface area (Å²) >= 11 is 0. The molecule has 42 heavy (non-hydrogen) atoms. The number of carbonyl (C=O) groups excluding carboxylic acids is 4. The van der Waals surface area contributed by atoms with Gasteiger partial charge in [0.2, 0.25) is 0 Å². The monoisotopic (exact) mass is 577 g/mol. The van der Waals surface area contributed by atoms with Gasteiger partial charge in [0, 0.05) is 29.8 Å². The van der Waals surface area contributed by atoms with E-state index in [-0.39, 0.29) is 18.8 Å². The van der Waals surface area contributed by atoms with Crippen molar-refractivity contribution in [2.45, 2.75) is 45.4 Å². The first kappa shape index (κ1) is 33.0. The summed E-state index contributed by atoms with van der Waals surface area (Å²) in [6.45, 7) is 5.22. The average Bonchev–Trinajstić information content (AvgIpc) is 2.96. The Kier molecular flexibility index (Phi) is 12.7. The number of rotatable bonds is 8. The Hall–Kier alpha value is -5.23. The Morgan fingerprint density at radius 3 is 1.93 bits per heavy atom. The van der Waals surface area contributed by atoms with Gasteiger partial charge in [0.05, 0.1) is 0 Å². The molecular formula is C30H35N5O7. The minimum atomic E-state index is -1.07. The van der Waals surface area contributed by atoms with E-state index in [2.05, 4.69) is 21.5 Å². The average molecular weight is 578 g/mol. The summed E-state index contributed by atoms with van der Waals surface area (Å²) in [5, 5.41) is 12.3. The molecular weight excluding hydrogens is 542 g/mol. The van der Waals surface area contributed by atoms with Crippen LogP contribution in [0.5, 0.6) is 0 Å². The number of anilines is 1. The Labute approximate surface area is 243 Å². The SMILES string of the molecule is CC(C)(C)OC(=O)N[C@H](Cc1ccc(NC(=O)c2ccccc2)cc1)C(=O)NNC(=O)c1ccc(CN)cc1.O=CO. The van der Waals surface area contributed by atoms with Gasteiger partial charge in [-0.25, -0.2) is 4.79 Å². The number of nitrogens with one attached hydrogen (secondary N) is 4. The second-order valence-corrected chi connectivity index (χ2v) is 9.87. The maximum absolute atomic E-state index is 13.0. The van der Waals surface area contributed by atoms with E-state index < -0.39 is 29.6 Å². The van der Waals surface area contributed by atoms with Crippen molar-refractivity contribution in [3.05, 3.63) is 101 Å². The number of nitrogens with two attached hydrogens (primary N) is 1. The number of amides is 4. The topological polar surface area (TPSA) is 189 Å². The maximum atomic E-state index is 13.0. The Morgan fingerprint density at radius 1 is 0.833 bits per heavy atom. The van der Waals surface area contributed by atoms with Gasteiger partial charge in [-0.2, -0.15) is 0 Å². The van der Waals surface area contributed by atoms with Gasteiger partial charge < -0.3 is 26.2 Å². The smallest absolute Gasteiger partial charge is 0.408 e. The zero-order chi connectivity index (χ0) is 31.1. The lowest BCUT2D eigenvalue weighted by Gasteiger charge is -2.23. The Balaban J connectivity index is 0.00000197. The summed E-state index contributed by atoms with van der Waals surface area (Å²) in [5.74, 6) is -1.42. The van der Waals surface area contributed by atoms with Crippen molar-refractivity contribution in [2.75, 3.05) is 5.32 Å². The van der Waals surface area contributed by atoms with Crippen LogP contribution in [0.25, 0.3) is 0 Å². The molecule has 0 aliphatic heterocycles. The van der Waals surface area contributed by atoms with E-state index in [9.17, 15) is 19.2 Å². The summed E-state index contributed by atoms with van der Waals surface area (Å²) in [7, 11) is 0. The predicted molar refractivity (Wildman–Crippen MR) is 156 cm³/mol. The lowest BCUT2D eigenvalue weighted by Crippen LogP contribution is -2.53. The van der Waals surface area contributed by atoms with Crippen LogP contribution in [-0.4, -0.2) is 47.0 Å². The molecule has 1 atom stereocenters. The summed E-state index contributed by atoms with van der Waals surface area (Å²) in [6, 6.07) is 21.2. The van der Waals surface area contributed by atoms with Crippen LogP contribution in [-0.2, 0) is 27.3 Å². The molecule has 3 rings (SSSR count). The molecule has 0 aliphatic carbocycles. The first-order chi connectivity index (χ1) is 19.9. The largest absolute Gasteiger partial charge is 0.483 e. The van der Waals surface area contributed by atoms with Crippen molar-refractivity contribution in [3.63, 3.8) is 0 Å². The van der Waals surface area contributed by atoms with Crippen molar-refractivity contribution in [2.24, 2.45) is 5.73 Å². The molecule has 0 heterocycles. The molecule has 4 amide bonds. The molecule has 0 bridgehead atoms. The van der Waals surface area contributed by atoms with E-state index in [0.29, 0.717) is 28.9 Å². The minimum Gasteiger partial charge on any atom is -0.483 e. The van der Waals surface area contributed by atoms with Gasteiger partial charge in [-0.15, -0.1) is 0 Å². The second kappa shape index (κ2) is 16.1. The summed E-state index contributed by atoms with van der Waals surface area (Å²) in [5.41, 5.74) is 12.5. The number of hydrogen-bond donors (Lipinski definition) is 6. The molecule has 222 valence electrons. The molecule has 0 saturated heterocycles. The third-order valence-corrected chi connectivity index (χ3v) is 5.45. The van der Waals surface area contributed by atoms with Gasteiger partial charge >= 0.3 is 6.09 Å². The Morgan fingerprint density at radius 2 is 1.38 bits per heavy atom. The molecule has 0 fully saturated rings. The molecule has 12 nitrogen and oxygen atoms in total. The number of carboxylic acid groups (broad SMARTS) is 1. The third kappa shape index (κ3) is 11.5. The molecule has 12 heteroatoms. The van der Waals surface area contributed by atoms with Crippen LogP contribution in [0.3, 0.4) is 0 Å². The second-order valence-electron chi connectivity index (χ2n) is 9.87. The quantitative estimate of drug-likeness (QED) is 0.174. The number of benzene rings is 3. The van der Waals surface area contributed by atoms with E-state index in [1.165, 1.54) is 0 Å². The first-order valence-electron chi connectivity index (χ1n) is 12.9. The predicted octanol–water partition coefficient (Wildman–Crippen LogP) is 3.00. The highest BCUT2D eigenvalue weighted by molar-refractivity contribution is 6.04. The highest BCUT2D eigenvalue weighted by Crippen LogP contribution is 2.14. The van der Waals surface area contributed by atoms with E-state index >= 15 is 0 Å². The van der Waals surface area contributed by atoms with Crippen molar-refractivity contribution >= 4 is 36.0 Å². The van der Waals surface area contributed by atoms with Crippen LogP contribution in [0.4, 0.5) is 10.5 Å². The number of alkyl carbamates (subject to hydrolysis) is 1. The first-order valence-corrected chi connectivity index (χ1v) is 12.9. The van der Waals surface area contributed by atoms with E-state index in [4.69, 9.17) is 20.4 Å². The molecule has 0 radical (unpaired) electrons. The fraction of sp³-hybridized carbons (Fsp3) is 0.233. The van der Waals surface area contributed by atoms with Gasteiger partial charge in [-0.1, -0.05) is 42.5 Å². The van der Waals surface area contributed by atoms with Crippen LogP contribution >= 0.6 is 0 Å². The summed E-state index contributed by atoms with van der Waals surface area (Å²) < 4.78 is 5.30. The van der Waals surface area contributed by atoms with Gasteiger partial charge in [0.15, 0.2) is 0 Å². The van der Waals surface area contributed by atoms with Crippen LogP contribution < -0.4 is 27.2 Å². The highest BCUT2D eigenvalue weighted by atomic mass is 16.6. The molecule has 0 unspecified atom stereocenters. The molecule has 0 saturated carbocycles. The van der Waals surface area contributed by atoms with Gasteiger partial charge in [-0.3, -0.25) is 30.0 Å².